The molecule has 0 spiro atoms. The van der Waals surface area contributed by atoms with E-state index in [-0.39, 0.29) is 0 Å². The summed E-state index contributed by atoms with van der Waals surface area (Å²) in [7, 11) is 4.37. The van der Waals surface area contributed by atoms with Crippen molar-refractivity contribution < 1.29 is 0 Å². The van der Waals surface area contributed by atoms with Crippen LogP contribution in [-0.4, -0.2) is 83.2 Å². The molecule has 1 aliphatic heterocycles. The molecule has 106 valence electrons. The van der Waals surface area contributed by atoms with Gasteiger partial charge in [0.15, 0.2) is 0 Å². The molecule has 1 heterocycles. The standard InChI is InChI=1S/C8H18N2.C6H14N.Ga/c1-4-9-7-8-10(5-2)6-3;1-4-5-6-7(2)3;/h2,4-8H2,1,3H3;1,4-6H2,2-3H3;/q-1;;+1. The summed E-state index contributed by atoms with van der Waals surface area (Å²) in [4.78, 5) is 8.09. The van der Waals surface area contributed by atoms with Gasteiger partial charge < -0.3 is 0 Å². The van der Waals surface area contributed by atoms with Gasteiger partial charge in [-0.15, -0.1) is 0 Å². The number of rotatable bonds is 7. The predicted molar refractivity (Wildman–Crippen MR) is 82.5 cm³/mol. The SMILES string of the molecule is CCN1CC[N](CC)[Ga]([CH2]CCCN(C)C)[CH2]C1. The van der Waals surface area contributed by atoms with Gasteiger partial charge in [-0.2, -0.15) is 0 Å². The fourth-order valence-corrected chi connectivity index (χ4v) is 10.2. The number of nitrogens with zero attached hydrogens (tertiary/aromatic N) is 3. The van der Waals surface area contributed by atoms with Gasteiger partial charge in [0.05, 0.1) is 0 Å². The van der Waals surface area contributed by atoms with E-state index in [2.05, 4.69) is 41.3 Å². The summed E-state index contributed by atoms with van der Waals surface area (Å²) in [5.41, 5.74) is 0. The summed E-state index contributed by atoms with van der Waals surface area (Å²) >= 11 is -1.14. The number of likely N-dealkylation sites (N-methyl/N-ethyl adjacent to an activating group) is 2. The number of unbranched alkanes of at least 4 members (excludes halogenated alkanes) is 1. The molecule has 3 nitrogen and oxygen atoms in total. The molecule has 0 aromatic carbocycles. The zero-order chi connectivity index (χ0) is 13.4. The van der Waals surface area contributed by atoms with Gasteiger partial charge in [0.25, 0.3) is 0 Å². The van der Waals surface area contributed by atoms with Crippen LogP contribution in [0.25, 0.3) is 0 Å². The summed E-state index contributed by atoms with van der Waals surface area (Å²) in [6.45, 7) is 12.5. The first-order valence-electron chi connectivity index (χ1n) is 7.78. The first-order chi connectivity index (χ1) is 8.67. The van der Waals surface area contributed by atoms with Crippen LogP contribution < -0.4 is 0 Å². The van der Waals surface area contributed by atoms with Crippen LogP contribution in [0.2, 0.25) is 9.95 Å². The van der Waals surface area contributed by atoms with Crippen molar-refractivity contribution >= 4 is 16.5 Å². The van der Waals surface area contributed by atoms with Gasteiger partial charge in [-0.3, -0.25) is 0 Å². The molecule has 4 heteroatoms. The molecule has 18 heavy (non-hydrogen) atoms. The van der Waals surface area contributed by atoms with E-state index in [4.69, 9.17) is 0 Å². The molecule has 0 bridgehead atoms. The third kappa shape index (κ3) is 6.11. The van der Waals surface area contributed by atoms with Crippen LogP contribution in [0.5, 0.6) is 0 Å². The van der Waals surface area contributed by atoms with Crippen LogP contribution in [0.1, 0.15) is 26.7 Å². The van der Waals surface area contributed by atoms with Crippen LogP contribution in [-0.2, 0) is 0 Å². The summed E-state index contributed by atoms with van der Waals surface area (Å²) < 4.78 is 2.89. The van der Waals surface area contributed by atoms with Crippen LogP contribution in [0.4, 0.5) is 0 Å². The molecule has 0 N–H and O–H groups in total. The van der Waals surface area contributed by atoms with Crippen molar-refractivity contribution in [1.82, 2.24) is 13.4 Å². The molecular weight excluding hydrogens is 280 g/mol. The Morgan fingerprint density at radius 3 is 2.39 bits per heavy atom. The van der Waals surface area contributed by atoms with Gasteiger partial charge in [0.1, 0.15) is 0 Å². The Balaban J connectivity index is 2.31. The molecule has 1 saturated heterocycles. The van der Waals surface area contributed by atoms with Crippen LogP contribution in [0.15, 0.2) is 0 Å². The topological polar surface area (TPSA) is 9.72 Å². The van der Waals surface area contributed by atoms with Crippen molar-refractivity contribution in [2.45, 2.75) is 36.6 Å². The summed E-state index contributed by atoms with van der Waals surface area (Å²) in [6.07, 6.45) is 2.86. The molecule has 0 atom stereocenters. The normalized spacial score (nSPS) is 19.5. The van der Waals surface area contributed by atoms with E-state index in [0.717, 1.165) is 0 Å². The Kier molecular flexibility index (Phi) is 8.68. The summed E-state index contributed by atoms with van der Waals surface area (Å²) in [5, 5.41) is 0. The van der Waals surface area contributed by atoms with E-state index in [1.165, 1.54) is 52.1 Å². The van der Waals surface area contributed by atoms with Crippen LogP contribution >= 0.6 is 0 Å². The third-order valence-corrected chi connectivity index (χ3v) is 11.9. The van der Waals surface area contributed by atoms with Gasteiger partial charge in [0, 0.05) is 0 Å². The Morgan fingerprint density at radius 1 is 1.00 bits per heavy atom. The molecule has 0 aliphatic carbocycles. The molecule has 0 radical (unpaired) electrons. The third-order valence-electron chi connectivity index (χ3n) is 4.24. The number of hydrogen-bond acceptors (Lipinski definition) is 3. The van der Waals surface area contributed by atoms with Gasteiger partial charge in [-0.25, -0.2) is 0 Å². The Morgan fingerprint density at radius 2 is 1.78 bits per heavy atom. The molecule has 0 aromatic rings. The van der Waals surface area contributed by atoms with E-state index in [9.17, 15) is 0 Å². The molecule has 0 unspecified atom stereocenters. The van der Waals surface area contributed by atoms with E-state index < -0.39 is 16.5 Å². The van der Waals surface area contributed by atoms with Crippen molar-refractivity contribution in [2.24, 2.45) is 0 Å². The first-order valence-corrected chi connectivity index (χ1v) is 12.3. The molecule has 1 aliphatic rings. The maximum atomic E-state index is 2.89. The zero-order valence-electron chi connectivity index (χ0n) is 13.0. The van der Waals surface area contributed by atoms with Crippen molar-refractivity contribution in [3.63, 3.8) is 0 Å². The maximum absolute atomic E-state index is 2.89. The van der Waals surface area contributed by atoms with Gasteiger partial charge in [-0.05, 0) is 0 Å². The predicted octanol–water partition coefficient (Wildman–Crippen LogP) is 1.98. The van der Waals surface area contributed by atoms with E-state index in [0.29, 0.717) is 0 Å². The quantitative estimate of drug-likeness (QED) is 0.526. The second-order valence-electron chi connectivity index (χ2n) is 5.80. The Labute approximate surface area is 120 Å². The monoisotopic (exact) mass is 311 g/mol. The Bertz CT molecular complexity index is 211. The number of hydrogen-bond donors (Lipinski definition) is 0. The Hall–Kier alpha value is 0.516. The van der Waals surface area contributed by atoms with Crippen LogP contribution in [0.3, 0.4) is 0 Å². The van der Waals surface area contributed by atoms with E-state index >= 15 is 0 Å². The average Bonchev–Trinajstić information content (AvgIpc) is 2.56. The van der Waals surface area contributed by atoms with Crippen molar-refractivity contribution in [3.8, 4) is 0 Å². The van der Waals surface area contributed by atoms with Gasteiger partial charge in [-0.1, -0.05) is 0 Å². The zero-order valence-corrected chi connectivity index (χ0v) is 15.4. The molecule has 1 fully saturated rings. The van der Waals surface area contributed by atoms with Crippen molar-refractivity contribution in [2.75, 3.05) is 53.4 Å². The minimum absolute atomic E-state index is 1.14. The molecule has 0 amide bonds. The summed E-state index contributed by atoms with van der Waals surface area (Å²) in [5.74, 6) is 0. The van der Waals surface area contributed by atoms with Crippen molar-refractivity contribution in [3.05, 3.63) is 0 Å². The fraction of sp³-hybridized carbons (Fsp3) is 1.00. The van der Waals surface area contributed by atoms with E-state index in [1.807, 2.05) is 0 Å². The second-order valence-corrected chi connectivity index (χ2v) is 12.5. The summed E-state index contributed by atoms with van der Waals surface area (Å²) in [6, 6.07) is 0. The van der Waals surface area contributed by atoms with Gasteiger partial charge >= 0.3 is 120 Å². The minimum atomic E-state index is -1.14. The second kappa shape index (κ2) is 9.42. The van der Waals surface area contributed by atoms with Crippen LogP contribution in [0, 0.1) is 0 Å². The fourth-order valence-electron chi connectivity index (χ4n) is 2.95. The molecule has 0 saturated carbocycles. The first kappa shape index (κ1) is 16.6. The average molecular weight is 312 g/mol. The van der Waals surface area contributed by atoms with Gasteiger partial charge in [0.2, 0.25) is 0 Å². The molecular formula is C14H32GaN3. The van der Waals surface area contributed by atoms with E-state index in [1.54, 1.807) is 9.95 Å². The molecule has 0 aromatic heterocycles. The molecule has 1 rings (SSSR count). The van der Waals surface area contributed by atoms with Crippen molar-refractivity contribution in [1.29, 1.82) is 0 Å².